The lowest BCUT2D eigenvalue weighted by Crippen LogP contribution is -2.37. The van der Waals surface area contributed by atoms with Crippen LogP contribution in [-0.2, 0) is 17.8 Å². The van der Waals surface area contributed by atoms with E-state index in [0.29, 0.717) is 37.8 Å². The first-order valence-corrected chi connectivity index (χ1v) is 9.40. The Labute approximate surface area is 157 Å². The van der Waals surface area contributed by atoms with Gasteiger partial charge >= 0.3 is 0 Å². The van der Waals surface area contributed by atoms with Crippen LogP contribution in [0.15, 0.2) is 24.3 Å². The zero-order valence-corrected chi connectivity index (χ0v) is 15.5. The van der Waals surface area contributed by atoms with E-state index in [-0.39, 0.29) is 18.3 Å². The standard InChI is InChI=1S/C19H24FN5O2/c1-23-9-2-3-16(23)19-22-21-17-8-10-24(11-12-25(17)19)18(26)13-27-15-6-4-14(20)5-7-15/h4-7,16H,2-3,8-13H2,1H3/t16-/m1/s1. The van der Waals surface area contributed by atoms with Gasteiger partial charge in [-0.25, -0.2) is 4.39 Å². The molecule has 1 atom stereocenters. The summed E-state index contributed by atoms with van der Waals surface area (Å²) >= 11 is 0. The van der Waals surface area contributed by atoms with E-state index in [9.17, 15) is 9.18 Å². The van der Waals surface area contributed by atoms with Gasteiger partial charge in [0.25, 0.3) is 5.91 Å². The minimum absolute atomic E-state index is 0.0512. The summed E-state index contributed by atoms with van der Waals surface area (Å²) in [5.74, 6) is 2.05. The van der Waals surface area contributed by atoms with Crippen LogP contribution in [0.4, 0.5) is 4.39 Å². The van der Waals surface area contributed by atoms with Crippen molar-refractivity contribution in [2.24, 2.45) is 0 Å². The highest BCUT2D eigenvalue weighted by molar-refractivity contribution is 5.77. The van der Waals surface area contributed by atoms with E-state index in [2.05, 4.69) is 26.7 Å². The van der Waals surface area contributed by atoms with E-state index < -0.39 is 0 Å². The summed E-state index contributed by atoms with van der Waals surface area (Å²) < 4.78 is 20.6. The number of aromatic nitrogens is 3. The quantitative estimate of drug-likeness (QED) is 0.815. The highest BCUT2D eigenvalue weighted by Crippen LogP contribution is 2.30. The summed E-state index contributed by atoms with van der Waals surface area (Å²) in [5.41, 5.74) is 0. The van der Waals surface area contributed by atoms with E-state index in [4.69, 9.17) is 4.74 Å². The highest BCUT2D eigenvalue weighted by Gasteiger charge is 2.30. The van der Waals surface area contributed by atoms with Gasteiger partial charge in [0.15, 0.2) is 6.61 Å². The van der Waals surface area contributed by atoms with E-state index in [1.165, 1.54) is 30.7 Å². The number of fused-ring (bicyclic) bond motifs is 1. The minimum atomic E-state index is -0.326. The van der Waals surface area contributed by atoms with E-state index in [1.54, 1.807) is 4.90 Å². The number of halogens is 1. The number of rotatable bonds is 4. The van der Waals surface area contributed by atoms with Crippen molar-refractivity contribution in [3.8, 4) is 5.75 Å². The molecule has 0 unspecified atom stereocenters. The first-order valence-electron chi connectivity index (χ1n) is 9.40. The lowest BCUT2D eigenvalue weighted by molar-refractivity contribution is -0.133. The molecule has 2 aliphatic rings. The molecule has 0 radical (unpaired) electrons. The van der Waals surface area contributed by atoms with Gasteiger partial charge in [-0.05, 0) is 50.7 Å². The molecule has 4 rings (SSSR count). The molecule has 8 heteroatoms. The zero-order chi connectivity index (χ0) is 18.8. The van der Waals surface area contributed by atoms with Crippen LogP contribution < -0.4 is 4.74 Å². The molecule has 2 aliphatic heterocycles. The van der Waals surface area contributed by atoms with Crippen LogP contribution in [0.2, 0.25) is 0 Å². The number of likely N-dealkylation sites (tertiary alicyclic amines) is 1. The maximum Gasteiger partial charge on any atom is 0.260 e. The number of amides is 1. The van der Waals surface area contributed by atoms with Crippen LogP contribution in [0.25, 0.3) is 0 Å². The van der Waals surface area contributed by atoms with Crippen LogP contribution in [0.3, 0.4) is 0 Å². The molecule has 1 aromatic carbocycles. The summed E-state index contributed by atoms with van der Waals surface area (Å²) in [6.45, 7) is 2.94. The van der Waals surface area contributed by atoms with Gasteiger partial charge in [0.05, 0.1) is 6.04 Å². The Morgan fingerprint density at radius 3 is 2.74 bits per heavy atom. The lowest BCUT2D eigenvalue weighted by Gasteiger charge is -2.22. The molecule has 3 heterocycles. The number of carbonyl (C=O) groups excluding carboxylic acids is 1. The van der Waals surface area contributed by atoms with Crippen LogP contribution >= 0.6 is 0 Å². The summed E-state index contributed by atoms with van der Waals surface area (Å²) in [4.78, 5) is 16.7. The second-order valence-electron chi connectivity index (χ2n) is 7.14. The van der Waals surface area contributed by atoms with Gasteiger partial charge in [-0.3, -0.25) is 9.69 Å². The highest BCUT2D eigenvalue weighted by atomic mass is 19.1. The van der Waals surface area contributed by atoms with Crippen molar-refractivity contribution >= 4 is 5.91 Å². The summed E-state index contributed by atoms with van der Waals surface area (Å²) in [6, 6.07) is 6.00. The third-order valence-corrected chi connectivity index (χ3v) is 5.40. The second kappa shape index (κ2) is 7.64. The van der Waals surface area contributed by atoms with Gasteiger partial charge < -0.3 is 14.2 Å². The van der Waals surface area contributed by atoms with Crippen molar-refractivity contribution in [1.29, 1.82) is 0 Å². The van der Waals surface area contributed by atoms with Crippen molar-refractivity contribution in [3.63, 3.8) is 0 Å². The number of hydrogen-bond acceptors (Lipinski definition) is 5. The van der Waals surface area contributed by atoms with Crippen molar-refractivity contribution in [2.75, 3.05) is 33.3 Å². The average Bonchev–Trinajstić information content (AvgIpc) is 3.20. The van der Waals surface area contributed by atoms with Crippen LogP contribution in [0.1, 0.15) is 30.5 Å². The molecule has 1 saturated heterocycles. The fourth-order valence-corrected chi connectivity index (χ4v) is 3.84. The molecule has 144 valence electrons. The van der Waals surface area contributed by atoms with Gasteiger partial charge in [-0.1, -0.05) is 0 Å². The lowest BCUT2D eigenvalue weighted by atomic mass is 10.2. The summed E-state index contributed by atoms with van der Waals surface area (Å²) in [6.07, 6.45) is 2.96. The largest absolute Gasteiger partial charge is 0.484 e. The van der Waals surface area contributed by atoms with Crippen molar-refractivity contribution in [1.82, 2.24) is 24.6 Å². The summed E-state index contributed by atoms with van der Waals surface area (Å²) in [7, 11) is 2.12. The van der Waals surface area contributed by atoms with Crippen molar-refractivity contribution in [3.05, 3.63) is 41.7 Å². The monoisotopic (exact) mass is 373 g/mol. The first-order chi connectivity index (χ1) is 13.1. The molecule has 1 fully saturated rings. The van der Waals surface area contributed by atoms with Crippen molar-refractivity contribution in [2.45, 2.75) is 31.8 Å². The fraction of sp³-hybridized carbons (Fsp3) is 0.526. The minimum Gasteiger partial charge on any atom is -0.484 e. The SMILES string of the molecule is CN1CCC[C@@H]1c1nnc2n1CCN(C(=O)COc1ccc(F)cc1)CC2. The van der Waals surface area contributed by atoms with Gasteiger partial charge in [0.1, 0.15) is 23.2 Å². The Balaban J connectivity index is 1.37. The number of benzene rings is 1. The van der Waals surface area contributed by atoms with Gasteiger partial charge in [-0.2, -0.15) is 0 Å². The number of carbonyl (C=O) groups is 1. The molecule has 7 nitrogen and oxygen atoms in total. The Morgan fingerprint density at radius 1 is 1.19 bits per heavy atom. The predicted molar refractivity (Wildman–Crippen MR) is 96.8 cm³/mol. The molecule has 0 bridgehead atoms. The van der Waals surface area contributed by atoms with E-state index in [1.807, 2.05) is 0 Å². The average molecular weight is 373 g/mol. The zero-order valence-electron chi connectivity index (χ0n) is 15.5. The number of hydrogen-bond donors (Lipinski definition) is 0. The Kier molecular flexibility index (Phi) is 5.07. The third-order valence-electron chi connectivity index (χ3n) is 5.40. The molecule has 1 aromatic heterocycles. The molecule has 0 spiro atoms. The molecule has 27 heavy (non-hydrogen) atoms. The molecule has 0 N–H and O–H groups in total. The Bertz CT molecular complexity index is 807. The fourth-order valence-electron chi connectivity index (χ4n) is 3.84. The maximum absolute atomic E-state index is 12.9. The normalized spacial score (nSPS) is 20.4. The van der Waals surface area contributed by atoms with E-state index >= 15 is 0 Å². The molecular formula is C19H24FN5O2. The molecule has 1 amide bonds. The number of ether oxygens (including phenoxy) is 1. The predicted octanol–water partition coefficient (Wildman–Crippen LogP) is 1.65. The van der Waals surface area contributed by atoms with Gasteiger partial charge in [-0.15, -0.1) is 10.2 Å². The van der Waals surface area contributed by atoms with Gasteiger partial charge in [0.2, 0.25) is 0 Å². The van der Waals surface area contributed by atoms with Gasteiger partial charge in [0, 0.05) is 26.1 Å². The maximum atomic E-state index is 12.9. The second-order valence-corrected chi connectivity index (χ2v) is 7.14. The molecule has 0 saturated carbocycles. The molecular weight excluding hydrogens is 349 g/mol. The Morgan fingerprint density at radius 2 is 2.00 bits per heavy atom. The molecule has 0 aliphatic carbocycles. The smallest absolute Gasteiger partial charge is 0.260 e. The van der Waals surface area contributed by atoms with Crippen LogP contribution in [0, 0.1) is 5.82 Å². The van der Waals surface area contributed by atoms with Crippen molar-refractivity contribution < 1.29 is 13.9 Å². The first kappa shape index (κ1) is 17.9. The molecule has 2 aromatic rings. The third kappa shape index (κ3) is 3.80. The topological polar surface area (TPSA) is 63.5 Å². The van der Waals surface area contributed by atoms with E-state index in [0.717, 1.165) is 24.6 Å². The Hall–Kier alpha value is -2.48. The summed E-state index contributed by atoms with van der Waals surface area (Å²) in [5, 5.41) is 8.81. The van der Waals surface area contributed by atoms with Crippen LogP contribution in [-0.4, -0.2) is 63.8 Å². The van der Waals surface area contributed by atoms with Crippen LogP contribution in [0.5, 0.6) is 5.75 Å². The number of nitrogens with zero attached hydrogens (tertiary/aromatic N) is 5.